The Morgan fingerprint density at radius 1 is 1.14 bits per heavy atom. The minimum atomic E-state index is -0.860. The van der Waals surface area contributed by atoms with Gasteiger partial charge in [-0.25, -0.2) is 4.79 Å². The van der Waals surface area contributed by atoms with E-state index >= 15 is 0 Å². The second-order valence-corrected chi connectivity index (χ2v) is 8.82. The Morgan fingerprint density at radius 2 is 1.82 bits per heavy atom. The number of hydrogen-bond acceptors (Lipinski definition) is 5. The van der Waals surface area contributed by atoms with Crippen molar-refractivity contribution in [1.29, 1.82) is 0 Å². The van der Waals surface area contributed by atoms with Gasteiger partial charge in [0.25, 0.3) is 0 Å². The van der Waals surface area contributed by atoms with Crippen LogP contribution in [0, 0.1) is 11.8 Å². The zero-order valence-corrected chi connectivity index (χ0v) is 17.4. The molecule has 3 atom stereocenters. The summed E-state index contributed by atoms with van der Waals surface area (Å²) in [6.45, 7) is 5.78. The van der Waals surface area contributed by atoms with E-state index in [0.717, 1.165) is 12.8 Å². The second-order valence-electron chi connectivity index (χ2n) is 8.55. The Morgan fingerprint density at radius 3 is 2.32 bits per heavy atom. The minimum absolute atomic E-state index is 0.122. The largest absolute Gasteiger partial charge is 0.444 e. The lowest BCUT2D eigenvalue weighted by Gasteiger charge is -2.25. The van der Waals surface area contributed by atoms with Crippen molar-refractivity contribution in [3.05, 3.63) is 0 Å². The highest BCUT2D eigenvalue weighted by Gasteiger charge is 2.35. The third kappa shape index (κ3) is 7.30. The third-order valence-corrected chi connectivity index (χ3v) is 5.06. The number of ether oxygens (including phenoxy) is 1. The van der Waals surface area contributed by atoms with E-state index in [2.05, 4.69) is 16.0 Å². The first-order chi connectivity index (χ1) is 13.1. The average molecular weight is 416 g/mol. The molecule has 1 aliphatic heterocycles. The normalized spacial score (nSPS) is 21.4. The molecule has 1 aliphatic carbocycles. The van der Waals surface area contributed by atoms with Gasteiger partial charge in [-0.15, -0.1) is 11.6 Å². The van der Waals surface area contributed by atoms with Crippen LogP contribution in [0.1, 0.15) is 52.9 Å². The molecular formula is C19H30ClN3O5. The monoisotopic (exact) mass is 415 g/mol. The van der Waals surface area contributed by atoms with Crippen molar-refractivity contribution in [3.8, 4) is 0 Å². The van der Waals surface area contributed by atoms with Gasteiger partial charge in [-0.1, -0.05) is 12.8 Å². The van der Waals surface area contributed by atoms with Gasteiger partial charge in [0.1, 0.15) is 11.6 Å². The number of amides is 3. The van der Waals surface area contributed by atoms with Gasteiger partial charge in [-0.3, -0.25) is 14.4 Å². The molecule has 2 fully saturated rings. The fourth-order valence-corrected chi connectivity index (χ4v) is 3.35. The van der Waals surface area contributed by atoms with Crippen LogP contribution in [0.4, 0.5) is 4.79 Å². The molecule has 8 nitrogen and oxygen atoms in total. The Labute approximate surface area is 170 Å². The minimum Gasteiger partial charge on any atom is -0.444 e. The lowest BCUT2D eigenvalue weighted by molar-refractivity contribution is -0.129. The molecule has 28 heavy (non-hydrogen) atoms. The van der Waals surface area contributed by atoms with Crippen molar-refractivity contribution in [2.24, 2.45) is 11.8 Å². The molecular weight excluding hydrogens is 386 g/mol. The van der Waals surface area contributed by atoms with Gasteiger partial charge in [-0.05, 0) is 46.0 Å². The predicted molar refractivity (Wildman–Crippen MR) is 104 cm³/mol. The van der Waals surface area contributed by atoms with Crippen LogP contribution in [-0.4, -0.2) is 53.8 Å². The Balaban J connectivity index is 2.01. The van der Waals surface area contributed by atoms with Gasteiger partial charge in [0.05, 0.1) is 11.9 Å². The molecule has 0 radical (unpaired) electrons. The summed E-state index contributed by atoms with van der Waals surface area (Å²) in [6, 6.07) is -1.66. The van der Waals surface area contributed by atoms with Crippen LogP contribution in [-0.2, 0) is 19.1 Å². The van der Waals surface area contributed by atoms with Crippen molar-refractivity contribution in [3.63, 3.8) is 0 Å². The lowest BCUT2D eigenvalue weighted by atomic mass is 9.95. The van der Waals surface area contributed by atoms with Crippen molar-refractivity contribution < 1.29 is 23.9 Å². The van der Waals surface area contributed by atoms with Gasteiger partial charge in [-0.2, -0.15) is 0 Å². The molecule has 2 rings (SSSR count). The van der Waals surface area contributed by atoms with E-state index < -0.39 is 29.7 Å². The zero-order valence-electron chi connectivity index (χ0n) is 16.7. The van der Waals surface area contributed by atoms with Gasteiger partial charge >= 0.3 is 6.09 Å². The van der Waals surface area contributed by atoms with Crippen LogP contribution in [0.15, 0.2) is 0 Å². The van der Waals surface area contributed by atoms with Crippen molar-refractivity contribution >= 4 is 35.3 Å². The van der Waals surface area contributed by atoms with Crippen LogP contribution in [0.2, 0.25) is 0 Å². The third-order valence-electron chi connectivity index (χ3n) is 4.79. The Bertz CT molecular complexity index is 615. The van der Waals surface area contributed by atoms with Crippen molar-refractivity contribution in [2.45, 2.75) is 70.6 Å². The highest BCUT2D eigenvalue weighted by molar-refractivity contribution is 6.28. The molecule has 3 N–H and O–H groups in total. The van der Waals surface area contributed by atoms with Crippen LogP contribution in [0.3, 0.4) is 0 Å². The van der Waals surface area contributed by atoms with Gasteiger partial charge in [0, 0.05) is 12.5 Å². The number of halogens is 1. The second kappa shape index (κ2) is 9.58. The maximum absolute atomic E-state index is 12.8. The van der Waals surface area contributed by atoms with E-state index in [1.54, 1.807) is 20.8 Å². The summed E-state index contributed by atoms with van der Waals surface area (Å²) in [5.41, 5.74) is -0.683. The highest BCUT2D eigenvalue weighted by atomic mass is 35.5. The van der Waals surface area contributed by atoms with Gasteiger partial charge < -0.3 is 20.7 Å². The number of alkyl carbamates (subject to hydrolysis) is 1. The topological polar surface area (TPSA) is 114 Å². The number of rotatable bonds is 9. The molecule has 1 heterocycles. The average Bonchev–Trinajstić information content (AvgIpc) is 3.32. The summed E-state index contributed by atoms with van der Waals surface area (Å²) in [6.07, 6.45) is 2.63. The molecule has 0 spiro atoms. The lowest BCUT2D eigenvalue weighted by Crippen LogP contribution is -2.53. The Kier molecular flexibility index (Phi) is 7.69. The molecule has 0 bridgehead atoms. The number of nitrogens with one attached hydrogen (secondary N) is 3. The molecule has 0 unspecified atom stereocenters. The molecule has 2 aliphatic rings. The van der Waals surface area contributed by atoms with Crippen molar-refractivity contribution in [1.82, 2.24) is 16.0 Å². The van der Waals surface area contributed by atoms with Crippen LogP contribution in [0.5, 0.6) is 0 Å². The summed E-state index contributed by atoms with van der Waals surface area (Å²) < 4.78 is 5.24. The number of carbonyl (C=O) groups is 4. The molecule has 0 aromatic carbocycles. The van der Waals surface area contributed by atoms with Crippen LogP contribution >= 0.6 is 11.6 Å². The van der Waals surface area contributed by atoms with E-state index in [0.29, 0.717) is 25.3 Å². The highest BCUT2D eigenvalue weighted by Crippen LogP contribution is 2.33. The number of alkyl halides is 1. The molecule has 0 aromatic heterocycles. The molecule has 0 aromatic rings. The summed E-state index contributed by atoms with van der Waals surface area (Å²) in [4.78, 5) is 49.0. The Hall–Kier alpha value is -1.83. The van der Waals surface area contributed by atoms with E-state index in [-0.39, 0.29) is 29.9 Å². The summed E-state index contributed by atoms with van der Waals surface area (Å²) in [5, 5.41) is 8.03. The van der Waals surface area contributed by atoms with Gasteiger partial charge in [0.2, 0.25) is 11.8 Å². The maximum atomic E-state index is 12.8. The van der Waals surface area contributed by atoms with Gasteiger partial charge in [0.15, 0.2) is 5.78 Å². The summed E-state index contributed by atoms with van der Waals surface area (Å²) >= 11 is 5.69. The van der Waals surface area contributed by atoms with E-state index in [4.69, 9.17) is 16.3 Å². The van der Waals surface area contributed by atoms with Crippen molar-refractivity contribution in [2.75, 3.05) is 12.4 Å². The standard InChI is InChI=1S/C19H30ClN3O5/c1-19(2,3)28-18(27)23-14(8-11-4-5-11)17(26)22-13(15(24)10-20)9-12-6-7-21-16(12)25/h11-14H,4-10H2,1-3H3,(H,21,25)(H,22,26)(H,23,27)/t12-,13-,14-/m0/s1. The SMILES string of the molecule is CC(C)(C)OC(=O)N[C@@H](CC1CC1)C(=O)N[C@@H](C[C@@H]1CCNC1=O)C(=O)CCl. The first kappa shape index (κ1) is 22.5. The number of Topliss-reactive ketones (excluding diaryl/α,β-unsaturated/α-hetero) is 1. The van der Waals surface area contributed by atoms with Crippen LogP contribution < -0.4 is 16.0 Å². The smallest absolute Gasteiger partial charge is 0.408 e. The number of carbonyl (C=O) groups excluding carboxylic acids is 4. The zero-order chi connectivity index (χ0) is 20.9. The first-order valence-electron chi connectivity index (χ1n) is 9.75. The number of hydrogen-bond donors (Lipinski definition) is 3. The molecule has 1 saturated heterocycles. The molecule has 1 saturated carbocycles. The fourth-order valence-electron chi connectivity index (χ4n) is 3.16. The van der Waals surface area contributed by atoms with E-state index in [1.165, 1.54) is 0 Å². The number of ketones is 1. The molecule has 9 heteroatoms. The predicted octanol–water partition coefficient (Wildman–Crippen LogP) is 1.50. The first-order valence-corrected chi connectivity index (χ1v) is 10.3. The maximum Gasteiger partial charge on any atom is 0.408 e. The summed E-state index contributed by atoms with van der Waals surface area (Å²) in [7, 11) is 0. The summed E-state index contributed by atoms with van der Waals surface area (Å²) in [5.74, 6) is -1.15. The van der Waals surface area contributed by atoms with Crippen LogP contribution in [0.25, 0.3) is 0 Å². The molecule has 158 valence electrons. The quantitative estimate of drug-likeness (QED) is 0.494. The molecule has 3 amide bonds. The van der Waals surface area contributed by atoms with E-state index in [1.807, 2.05) is 0 Å². The fraction of sp³-hybridized carbons (Fsp3) is 0.789. The van der Waals surface area contributed by atoms with E-state index in [9.17, 15) is 19.2 Å².